The first-order chi connectivity index (χ1) is 3.83. The predicted octanol–water partition coefficient (Wildman–Crippen LogP) is -0.687. The van der Waals surface area contributed by atoms with Crippen LogP contribution in [-0.4, -0.2) is 31.1 Å². The SMILES string of the molecule is COC1CNC(O)C1. The number of ether oxygens (including phenoxy) is 1. The van der Waals surface area contributed by atoms with Crippen molar-refractivity contribution < 1.29 is 9.84 Å². The molecule has 2 unspecified atom stereocenters. The Balaban J connectivity index is 2.22. The molecule has 0 aromatic heterocycles. The molecule has 0 bridgehead atoms. The van der Waals surface area contributed by atoms with E-state index in [1.165, 1.54) is 0 Å². The molecular formula is C5H11NO2. The van der Waals surface area contributed by atoms with E-state index in [4.69, 9.17) is 9.84 Å². The van der Waals surface area contributed by atoms with Gasteiger partial charge in [-0.05, 0) is 0 Å². The van der Waals surface area contributed by atoms with Gasteiger partial charge in [0.05, 0.1) is 6.10 Å². The number of hydrogen-bond donors (Lipinski definition) is 2. The first kappa shape index (κ1) is 6.01. The van der Waals surface area contributed by atoms with E-state index in [2.05, 4.69) is 5.32 Å². The lowest BCUT2D eigenvalue weighted by molar-refractivity contribution is 0.0940. The van der Waals surface area contributed by atoms with E-state index in [1.54, 1.807) is 7.11 Å². The molecule has 1 aliphatic heterocycles. The van der Waals surface area contributed by atoms with Crippen LogP contribution >= 0.6 is 0 Å². The normalized spacial score (nSPS) is 38.2. The molecule has 0 radical (unpaired) electrons. The third-order valence-corrected chi connectivity index (χ3v) is 1.40. The molecule has 1 aliphatic rings. The Morgan fingerprint density at radius 1 is 1.75 bits per heavy atom. The number of nitrogens with one attached hydrogen (secondary N) is 1. The molecule has 2 N–H and O–H groups in total. The van der Waals surface area contributed by atoms with E-state index in [1.807, 2.05) is 0 Å². The fourth-order valence-electron chi connectivity index (χ4n) is 0.863. The van der Waals surface area contributed by atoms with Crippen molar-refractivity contribution >= 4 is 0 Å². The summed E-state index contributed by atoms with van der Waals surface area (Å²) in [6.45, 7) is 0.775. The molecule has 3 nitrogen and oxygen atoms in total. The second-order valence-electron chi connectivity index (χ2n) is 2.02. The van der Waals surface area contributed by atoms with E-state index in [-0.39, 0.29) is 12.3 Å². The summed E-state index contributed by atoms with van der Waals surface area (Å²) in [5, 5.41) is 11.7. The number of aliphatic hydroxyl groups excluding tert-OH is 1. The van der Waals surface area contributed by atoms with E-state index in [0.717, 1.165) is 13.0 Å². The second kappa shape index (κ2) is 2.44. The van der Waals surface area contributed by atoms with Gasteiger partial charge in [0.2, 0.25) is 0 Å². The Hall–Kier alpha value is -0.120. The first-order valence-electron chi connectivity index (χ1n) is 2.77. The number of rotatable bonds is 1. The van der Waals surface area contributed by atoms with Gasteiger partial charge in [0, 0.05) is 20.1 Å². The van der Waals surface area contributed by atoms with Crippen molar-refractivity contribution in [3.05, 3.63) is 0 Å². The van der Waals surface area contributed by atoms with E-state index >= 15 is 0 Å². The Bertz CT molecular complexity index is 76.8. The maximum atomic E-state index is 8.84. The van der Waals surface area contributed by atoms with Crippen LogP contribution in [0, 0.1) is 0 Å². The minimum Gasteiger partial charge on any atom is -0.380 e. The van der Waals surface area contributed by atoms with Gasteiger partial charge in [-0.15, -0.1) is 0 Å². The summed E-state index contributed by atoms with van der Waals surface area (Å²) < 4.78 is 4.96. The standard InChI is InChI=1S/C5H11NO2/c1-8-4-2-5(7)6-3-4/h4-7H,2-3H2,1H3. The first-order valence-corrected chi connectivity index (χ1v) is 2.77. The lowest BCUT2D eigenvalue weighted by Crippen LogP contribution is -2.20. The second-order valence-corrected chi connectivity index (χ2v) is 2.02. The summed E-state index contributed by atoms with van der Waals surface area (Å²) in [6, 6.07) is 0. The van der Waals surface area contributed by atoms with Crippen molar-refractivity contribution in [3.8, 4) is 0 Å². The average Bonchev–Trinajstić information content (AvgIpc) is 2.14. The number of hydrogen-bond acceptors (Lipinski definition) is 3. The summed E-state index contributed by atoms with van der Waals surface area (Å²) >= 11 is 0. The summed E-state index contributed by atoms with van der Waals surface area (Å²) in [6.07, 6.45) is 0.584. The molecule has 0 spiro atoms. The van der Waals surface area contributed by atoms with Gasteiger partial charge in [-0.2, -0.15) is 0 Å². The summed E-state index contributed by atoms with van der Waals surface area (Å²) in [7, 11) is 1.66. The third-order valence-electron chi connectivity index (χ3n) is 1.40. The van der Waals surface area contributed by atoms with Crippen molar-refractivity contribution in [2.75, 3.05) is 13.7 Å². The third kappa shape index (κ3) is 1.18. The average molecular weight is 117 g/mol. The van der Waals surface area contributed by atoms with Gasteiger partial charge in [0.1, 0.15) is 6.23 Å². The highest BCUT2D eigenvalue weighted by molar-refractivity contribution is 4.73. The van der Waals surface area contributed by atoms with Crippen molar-refractivity contribution in [2.45, 2.75) is 18.8 Å². The quantitative estimate of drug-likeness (QED) is 0.478. The lowest BCUT2D eigenvalue weighted by Gasteiger charge is -2.02. The van der Waals surface area contributed by atoms with Crippen molar-refractivity contribution in [3.63, 3.8) is 0 Å². The maximum absolute atomic E-state index is 8.84. The van der Waals surface area contributed by atoms with Crippen LogP contribution in [0.25, 0.3) is 0 Å². The van der Waals surface area contributed by atoms with Gasteiger partial charge in [-0.3, -0.25) is 5.32 Å². The van der Waals surface area contributed by atoms with Crippen LogP contribution in [0.2, 0.25) is 0 Å². The Morgan fingerprint density at radius 3 is 2.75 bits per heavy atom. The lowest BCUT2D eigenvalue weighted by atomic mass is 10.3. The molecule has 1 heterocycles. The van der Waals surface area contributed by atoms with Crippen molar-refractivity contribution in [1.29, 1.82) is 0 Å². The Morgan fingerprint density at radius 2 is 2.50 bits per heavy atom. The van der Waals surface area contributed by atoms with Gasteiger partial charge in [0.25, 0.3) is 0 Å². The molecule has 3 heteroatoms. The molecule has 1 fully saturated rings. The molecule has 8 heavy (non-hydrogen) atoms. The highest BCUT2D eigenvalue weighted by Crippen LogP contribution is 2.05. The number of aliphatic hydroxyl groups is 1. The van der Waals surface area contributed by atoms with Gasteiger partial charge in [-0.25, -0.2) is 0 Å². The van der Waals surface area contributed by atoms with Crippen LogP contribution in [0.1, 0.15) is 6.42 Å². The van der Waals surface area contributed by atoms with E-state index in [9.17, 15) is 0 Å². The van der Waals surface area contributed by atoms with Crippen LogP contribution in [0.5, 0.6) is 0 Å². The summed E-state index contributed by atoms with van der Waals surface area (Å²) in [4.78, 5) is 0. The topological polar surface area (TPSA) is 41.5 Å². The number of methoxy groups -OCH3 is 1. The highest BCUT2D eigenvalue weighted by atomic mass is 16.5. The van der Waals surface area contributed by atoms with E-state index in [0.29, 0.717) is 0 Å². The minimum atomic E-state index is -0.347. The van der Waals surface area contributed by atoms with Crippen LogP contribution in [0.3, 0.4) is 0 Å². The molecule has 2 atom stereocenters. The van der Waals surface area contributed by atoms with Crippen LogP contribution in [-0.2, 0) is 4.74 Å². The molecule has 0 aliphatic carbocycles. The van der Waals surface area contributed by atoms with Gasteiger partial charge in [0.15, 0.2) is 0 Å². The zero-order valence-electron chi connectivity index (χ0n) is 4.92. The van der Waals surface area contributed by atoms with Gasteiger partial charge >= 0.3 is 0 Å². The monoisotopic (exact) mass is 117 g/mol. The summed E-state index contributed by atoms with van der Waals surface area (Å²) in [5.41, 5.74) is 0. The van der Waals surface area contributed by atoms with Crippen LogP contribution < -0.4 is 5.32 Å². The fraction of sp³-hybridized carbons (Fsp3) is 1.00. The van der Waals surface area contributed by atoms with Crippen molar-refractivity contribution in [2.24, 2.45) is 0 Å². The molecule has 0 aromatic rings. The zero-order valence-corrected chi connectivity index (χ0v) is 4.92. The van der Waals surface area contributed by atoms with Crippen molar-refractivity contribution in [1.82, 2.24) is 5.32 Å². The van der Waals surface area contributed by atoms with Gasteiger partial charge < -0.3 is 9.84 Å². The molecule has 0 amide bonds. The fourth-order valence-corrected chi connectivity index (χ4v) is 0.863. The maximum Gasteiger partial charge on any atom is 0.107 e. The molecule has 0 aromatic carbocycles. The molecule has 0 saturated carbocycles. The largest absolute Gasteiger partial charge is 0.380 e. The van der Waals surface area contributed by atoms with Crippen LogP contribution in [0.15, 0.2) is 0 Å². The molecule has 1 saturated heterocycles. The van der Waals surface area contributed by atoms with Crippen LogP contribution in [0.4, 0.5) is 0 Å². The Kier molecular flexibility index (Phi) is 1.83. The smallest absolute Gasteiger partial charge is 0.107 e. The van der Waals surface area contributed by atoms with E-state index < -0.39 is 0 Å². The summed E-state index contributed by atoms with van der Waals surface area (Å²) in [5.74, 6) is 0. The highest BCUT2D eigenvalue weighted by Gasteiger charge is 2.20. The minimum absolute atomic E-state index is 0.213. The molecular weight excluding hydrogens is 106 g/mol. The molecule has 48 valence electrons. The van der Waals surface area contributed by atoms with Gasteiger partial charge in [-0.1, -0.05) is 0 Å². The zero-order chi connectivity index (χ0) is 5.98. The Labute approximate surface area is 48.7 Å². The molecule has 1 rings (SSSR count). The predicted molar refractivity (Wildman–Crippen MR) is 29.4 cm³/mol.